The van der Waals surface area contributed by atoms with Crippen LogP contribution >= 0.6 is 11.8 Å². The molecule has 17 heavy (non-hydrogen) atoms. The number of imidazole rings is 1. The van der Waals surface area contributed by atoms with Gasteiger partial charge in [-0.2, -0.15) is 4.98 Å². The first-order chi connectivity index (χ1) is 7.97. The van der Waals surface area contributed by atoms with Gasteiger partial charge in [-0.1, -0.05) is 16.9 Å². The number of aryl methyl sites for hydroxylation is 1. The summed E-state index contributed by atoms with van der Waals surface area (Å²) in [5.74, 6) is 1.67. The highest BCUT2D eigenvalue weighted by molar-refractivity contribution is 7.98. The Bertz CT molecular complexity index is 499. The van der Waals surface area contributed by atoms with Crippen LogP contribution in [0.2, 0.25) is 0 Å². The van der Waals surface area contributed by atoms with Gasteiger partial charge in [0.1, 0.15) is 0 Å². The van der Waals surface area contributed by atoms with Crippen molar-refractivity contribution in [2.24, 2.45) is 12.8 Å². The maximum atomic E-state index is 5.88. The third-order valence-electron chi connectivity index (χ3n) is 2.15. The molecule has 92 valence electrons. The quantitative estimate of drug-likeness (QED) is 0.827. The minimum absolute atomic E-state index is 0.521. The van der Waals surface area contributed by atoms with Crippen molar-refractivity contribution in [1.82, 2.24) is 19.7 Å². The molecule has 0 aromatic carbocycles. The highest BCUT2D eigenvalue weighted by Crippen LogP contribution is 2.21. The first kappa shape index (κ1) is 12.1. The van der Waals surface area contributed by atoms with Crippen LogP contribution in [0.3, 0.4) is 0 Å². The number of thioether (sulfide) groups is 1. The molecule has 0 amide bonds. The third kappa shape index (κ3) is 2.86. The molecular formula is C10H15N5OS. The van der Waals surface area contributed by atoms with E-state index in [0.717, 1.165) is 5.16 Å². The Kier molecular flexibility index (Phi) is 3.21. The molecule has 2 rings (SSSR count). The van der Waals surface area contributed by atoms with E-state index in [1.807, 2.05) is 31.7 Å². The van der Waals surface area contributed by atoms with E-state index in [0.29, 0.717) is 17.5 Å². The summed E-state index contributed by atoms with van der Waals surface area (Å²) in [4.78, 5) is 8.45. The first-order valence-electron chi connectivity index (χ1n) is 5.19. The molecule has 0 aliphatic carbocycles. The van der Waals surface area contributed by atoms with Crippen molar-refractivity contribution in [3.8, 4) is 0 Å². The van der Waals surface area contributed by atoms with Gasteiger partial charge in [0.2, 0.25) is 5.89 Å². The Labute approximate surface area is 104 Å². The summed E-state index contributed by atoms with van der Waals surface area (Å²) in [6, 6.07) is 0. The number of aromatic nitrogens is 4. The Morgan fingerprint density at radius 2 is 2.29 bits per heavy atom. The number of hydrogen-bond acceptors (Lipinski definition) is 6. The summed E-state index contributed by atoms with van der Waals surface area (Å²) in [6.45, 7) is 3.68. The summed E-state index contributed by atoms with van der Waals surface area (Å²) in [5.41, 5.74) is 5.30. The van der Waals surface area contributed by atoms with Crippen LogP contribution in [0.1, 0.15) is 25.6 Å². The van der Waals surface area contributed by atoms with Gasteiger partial charge in [-0.3, -0.25) is 0 Å². The molecule has 0 aliphatic rings. The Morgan fingerprint density at radius 1 is 1.53 bits per heavy atom. The van der Waals surface area contributed by atoms with Crippen LogP contribution in [0.25, 0.3) is 0 Å². The van der Waals surface area contributed by atoms with E-state index in [1.165, 1.54) is 0 Å². The fourth-order valence-corrected chi connectivity index (χ4v) is 1.96. The van der Waals surface area contributed by atoms with E-state index >= 15 is 0 Å². The zero-order chi connectivity index (χ0) is 12.5. The van der Waals surface area contributed by atoms with Gasteiger partial charge in [-0.25, -0.2) is 4.98 Å². The van der Waals surface area contributed by atoms with Crippen molar-refractivity contribution >= 4 is 11.8 Å². The Balaban J connectivity index is 2.01. The molecule has 0 fully saturated rings. The van der Waals surface area contributed by atoms with Crippen LogP contribution in [0, 0.1) is 0 Å². The highest BCUT2D eigenvalue weighted by atomic mass is 32.2. The lowest BCUT2D eigenvalue weighted by atomic mass is 10.1. The lowest BCUT2D eigenvalue weighted by Gasteiger charge is -2.11. The molecule has 0 saturated carbocycles. The number of hydrogen-bond donors (Lipinski definition) is 1. The molecule has 2 heterocycles. The van der Waals surface area contributed by atoms with E-state index in [1.54, 1.807) is 18.0 Å². The van der Waals surface area contributed by atoms with Gasteiger partial charge in [0, 0.05) is 19.4 Å². The van der Waals surface area contributed by atoms with E-state index in [9.17, 15) is 0 Å². The third-order valence-corrected chi connectivity index (χ3v) is 3.19. The van der Waals surface area contributed by atoms with Crippen LogP contribution in [0.4, 0.5) is 0 Å². The van der Waals surface area contributed by atoms with Gasteiger partial charge in [0.15, 0.2) is 11.0 Å². The second-order valence-electron chi connectivity index (χ2n) is 4.34. The van der Waals surface area contributed by atoms with Crippen molar-refractivity contribution in [3.63, 3.8) is 0 Å². The maximum Gasteiger partial charge on any atom is 0.237 e. The molecule has 0 aliphatic heterocycles. The molecule has 2 aromatic heterocycles. The number of nitrogens with zero attached hydrogens (tertiary/aromatic N) is 4. The van der Waals surface area contributed by atoms with Gasteiger partial charge < -0.3 is 14.8 Å². The molecule has 0 saturated heterocycles. The molecule has 0 bridgehead atoms. The van der Waals surface area contributed by atoms with Gasteiger partial charge in [0.25, 0.3) is 0 Å². The average Bonchev–Trinajstić information content (AvgIpc) is 2.82. The van der Waals surface area contributed by atoms with Gasteiger partial charge >= 0.3 is 0 Å². The summed E-state index contributed by atoms with van der Waals surface area (Å²) < 4.78 is 7.07. The molecule has 2 aromatic rings. The Hall–Kier alpha value is -1.34. The molecule has 0 spiro atoms. The zero-order valence-corrected chi connectivity index (χ0v) is 10.9. The van der Waals surface area contributed by atoms with E-state index in [2.05, 4.69) is 15.1 Å². The van der Waals surface area contributed by atoms with Crippen molar-refractivity contribution < 1.29 is 4.52 Å². The highest BCUT2D eigenvalue weighted by Gasteiger charge is 2.21. The maximum absolute atomic E-state index is 5.88. The zero-order valence-electron chi connectivity index (χ0n) is 10.0. The monoisotopic (exact) mass is 253 g/mol. The van der Waals surface area contributed by atoms with Crippen LogP contribution in [0.15, 0.2) is 22.1 Å². The summed E-state index contributed by atoms with van der Waals surface area (Å²) >= 11 is 1.55. The second-order valence-corrected chi connectivity index (χ2v) is 5.29. The SMILES string of the molecule is Cn1ccnc1SCc1nc(C(C)(C)N)no1. The first-order valence-corrected chi connectivity index (χ1v) is 6.17. The largest absolute Gasteiger partial charge is 0.338 e. The molecule has 0 radical (unpaired) electrons. The van der Waals surface area contributed by atoms with E-state index < -0.39 is 5.54 Å². The smallest absolute Gasteiger partial charge is 0.237 e. The van der Waals surface area contributed by atoms with Gasteiger partial charge in [0.05, 0.1) is 11.3 Å². The summed E-state index contributed by atoms with van der Waals surface area (Å²) in [5, 5.41) is 4.77. The molecule has 0 atom stereocenters. The minimum Gasteiger partial charge on any atom is -0.338 e. The van der Waals surface area contributed by atoms with E-state index in [-0.39, 0.29) is 0 Å². The topological polar surface area (TPSA) is 82.8 Å². The molecule has 6 nitrogen and oxygen atoms in total. The van der Waals surface area contributed by atoms with Crippen LogP contribution < -0.4 is 5.73 Å². The predicted octanol–water partition coefficient (Wildman–Crippen LogP) is 1.29. The Morgan fingerprint density at radius 3 is 2.82 bits per heavy atom. The summed E-state index contributed by atoms with van der Waals surface area (Å²) in [7, 11) is 1.94. The molecule has 2 N–H and O–H groups in total. The lowest BCUT2D eigenvalue weighted by molar-refractivity contribution is 0.369. The van der Waals surface area contributed by atoms with Gasteiger partial charge in [-0.15, -0.1) is 0 Å². The summed E-state index contributed by atoms with van der Waals surface area (Å²) in [6.07, 6.45) is 3.65. The molecular weight excluding hydrogens is 238 g/mol. The lowest BCUT2D eigenvalue weighted by Crippen LogP contribution is -2.30. The normalized spacial score (nSPS) is 12.0. The fourth-order valence-electron chi connectivity index (χ4n) is 1.19. The number of nitrogens with two attached hydrogens (primary N) is 1. The van der Waals surface area contributed by atoms with Crippen molar-refractivity contribution in [3.05, 3.63) is 24.1 Å². The fraction of sp³-hybridized carbons (Fsp3) is 0.500. The average molecular weight is 253 g/mol. The van der Waals surface area contributed by atoms with Crippen LogP contribution in [0.5, 0.6) is 0 Å². The van der Waals surface area contributed by atoms with Gasteiger partial charge in [-0.05, 0) is 13.8 Å². The van der Waals surface area contributed by atoms with Crippen molar-refractivity contribution in [2.75, 3.05) is 0 Å². The van der Waals surface area contributed by atoms with Crippen LogP contribution in [-0.4, -0.2) is 19.7 Å². The predicted molar refractivity (Wildman–Crippen MR) is 64.3 cm³/mol. The van der Waals surface area contributed by atoms with Crippen molar-refractivity contribution in [1.29, 1.82) is 0 Å². The van der Waals surface area contributed by atoms with Crippen molar-refractivity contribution in [2.45, 2.75) is 30.3 Å². The van der Waals surface area contributed by atoms with Crippen LogP contribution in [-0.2, 0) is 18.3 Å². The second kappa shape index (κ2) is 4.50. The number of rotatable bonds is 4. The molecule has 7 heteroatoms. The molecule has 0 unspecified atom stereocenters. The standard InChI is InChI=1S/C10H15N5OS/c1-10(2,11)8-13-7(16-14-8)6-17-9-12-4-5-15(9)3/h4-5H,6,11H2,1-3H3. The minimum atomic E-state index is -0.574. The van der Waals surface area contributed by atoms with E-state index in [4.69, 9.17) is 10.3 Å².